The number of aromatic nitrogens is 1. The largest absolute Gasteiger partial charge is 0.496 e. The third-order valence-corrected chi connectivity index (χ3v) is 3.89. The van der Waals surface area contributed by atoms with Gasteiger partial charge in [-0.2, -0.15) is 0 Å². The second-order valence-electron chi connectivity index (χ2n) is 5.36. The average molecular weight is 287 g/mol. The Bertz CT molecular complexity index is 597. The lowest BCUT2D eigenvalue weighted by molar-refractivity contribution is 0.147. The average Bonchev–Trinajstić information content (AvgIpc) is 2.93. The normalized spacial score (nSPS) is 19.6. The maximum atomic E-state index is 5.51. The molecular weight excluding hydrogens is 266 g/mol. The van der Waals surface area contributed by atoms with Gasteiger partial charge >= 0.3 is 0 Å². The highest BCUT2D eigenvalue weighted by molar-refractivity contribution is 5.36. The van der Waals surface area contributed by atoms with Crippen LogP contribution in [0, 0.1) is 6.92 Å². The minimum Gasteiger partial charge on any atom is -0.496 e. The molecule has 2 heterocycles. The summed E-state index contributed by atoms with van der Waals surface area (Å²) in [5, 5.41) is 7.58. The van der Waals surface area contributed by atoms with Crippen molar-refractivity contribution in [3.63, 3.8) is 0 Å². The summed E-state index contributed by atoms with van der Waals surface area (Å²) in [7, 11) is 1.72. The van der Waals surface area contributed by atoms with Crippen LogP contribution in [-0.4, -0.2) is 36.8 Å². The molecule has 21 heavy (non-hydrogen) atoms. The van der Waals surface area contributed by atoms with Gasteiger partial charge in [0.2, 0.25) is 0 Å². The predicted octanol–water partition coefficient (Wildman–Crippen LogP) is 2.14. The van der Waals surface area contributed by atoms with Crippen molar-refractivity contribution in [3.05, 3.63) is 47.3 Å². The van der Waals surface area contributed by atoms with E-state index in [0.29, 0.717) is 0 Å². The number of hydrogen-bond donors (Lipinski definition) is 1. The maximum Gasteiger partial charge on any atom is 0.133 e. The van der Waals surface area contributed by atoms with Gasteiger partial charge in [0.25, 0.3) is 0 Å². The van der Waals surface area contributed by atoms with Crippen molar-refractivity contribution < 1.29 is 9.26 Å². The first-order valence-corrected chi connectivity index (χ1v) is 7.28. The number of methoxy groups -OCH3 is 1. The lowest BCUT2D eigenvalue weighted by Crippen LogP contribution is -2.45. The quantitative estimate of drug-likeness (QED) is 0.933. The predicted molar refractivity (Wildman–Crippen MR) is 80.3 cm³/mol. The van der Waals surface area contributed by atoms with Crippen LogP contribution in [0.5, 0.6) is 5.75 Å². The number of rotatable bonds is 4. The Labute approximate surface area is 124 Å². The van der Waals surface area contributed by atoms with Crippen LogP contribution in [0.1, 0.15) is 23.1 Å². The summed E-state index contributed by atoms with van der Waals surface area (Å²) < 4.78 is 10.7. The van der Waals surface area contributed by atoms with Crippen LogP contribution in [0.25, 0.3) is 0 Å². The molecule has 1 fully saturated rings. The Kier molecular flexibility index (Phi) is 4.22. The molecule has 0 spiro atoms. The van der Waals surface area contributed by atoms with Crippen LogP contribution < -0.4 is 10.1 Å². The van der Waals surface area contributed by atoms with Crippen molar-refractivity contribution in [1.82, 2.24) is 15.4 Å². The van der Waals surface area contributed by atoms with E-state index in [1.165, 1.54) is 5.56 Å². The Morgan fingerprint density at radius 2 is 2.29 bits per heavy atom. The van der Waals surface area contributed by atoms with Crippen molar-refractivity contribution in [1.29, 1.82) is 0 Å². The van der Waals surface area contributed by atoms with E-state index in [9.17, 15) is 0 Å². The summed E-state index contributed by atoms with van der Waals surface area (Å²) in [4.78, 5) is 2.42. The summed E-state index contributed by atoms with van der Waals surface area (Å²) in [5.74, 6) is 1.79. The Hall–Kier alpha value is -1.85. The molecule has 1 saturated heterocycles. The molecular formula is C16H21N3O2. The van der Waals surface area contributed by atoms with Crippen LogP contribution in [0.15, 0.2) is 34.9 Å². The number of aryl methyl sites for hydroxylation is 1. The number of para-hydroxylation sites is 1. The van der Waals surface area contributed by atoms with E-state index in [0.717, 1.165) is 43.4 Å². The van der Waals surface area contributed by atoms with Gasteiger partial charge in [-0.3, -0.25) is 4.90 Å². The summed E-state index contributed by atoms with van der Waals surface area (Å²) in [5.41, 5.74) is 2.20. The highest BCUT2D eigenvalue weighted by atomic mass is 16.5. The van der Waals surface area contributed by atoms with Crippen molar-refractivity contribution in [2.75, 3.05) is 26.7 Å². The van der Waals surface area contributed by atoms with Crippen LogP contribution in [0.4, 0.5) is 0 Å². The first kappa shape index (κ1) is 14.1. The van der Waals surface area contributed by atoms with Crippen molar-refractivity contribution in [2.24, 2.45) is 0 Å². The van der Waals surface area contributed by atoms with Crippen LogP contribution >= 0.6 is 0 Å². The zero-order chi connectivity index (χ0) is 14.7. The molecule has 1 N–H and O–H groups in total. The van der Waals surface area contributed by atoms with Crippen molar-refractivity contribution in [2.45, 2.75) is 19.5 Å². The van der Waals surface area contributed by atoms with E-state index >= 15 is 0 Å². The number of benzene rings is 1. The van der Waals surface area contributed by atoms with Gasteiger partial charge in [0, 0.05) is 37.8 Å². The number of nitrogens with one attached hydrogen (secondary N) is 1. The van der Waals surface area contributed by atoms with Crippen LogP contribution in [-0.2, 0) is 6.54 Å². The molecule has 0 saturated carbocycles. The second-order valence-corrected chi connectivity index (χ2v) is 5.36. The van der Waals surface area contributed by atoms with Gasteiger partial charge in [0.15, 0.2) is 0 Å². The number of ether oxygens (including phenoxy) is 1. The first-order valence-electron chi connectivity index (χ1n) is 7.28. The molecule has 2 aromatic rings. The summed E-state index contributed by atoms with van der Waals surface area (Å²) >= 11 is 0. The fourth-order valence-electron chi connectivity index (χ4n) is 2.88. The van der Waals surface area contributed by atoms with Gasteiger partial charge in [0.05, 0.1) is 18.8 Å². The Morgan fingerprint density at radius 3 is 3.05 bits per heavy atom. The summed E-state index contributed by atoms with van der Waals surface area (Å²) in [6, 6.07) is 10.5. The molecule has 112 valence electrons. The summed E-state index contributed by atoms with van der Waals surface area (Å²) in [6.45, 7) is 5.60. The molecule has 1 aliphatic heterocycles. The van der Waals surface area contributed by atoms with Gasteiger partial charge in [-0.1, -0.05) is 23.4 Å². The van der Waals surface area contributed by atoms with Gasteiger partial charge in [0.1, 0.15) is 11.5 Å². The Balaban J connectivity index is 1.84. The minimum atomic E-state index is 0.284. The smallest absolute Gasteiger partial charge is 0.133 e. The fourth-order valence-corrected chi connectivity index (χ4v) is 2.88. The summed E-state index contributed by atoms with van der Waals surface area (Å²) in [6.07, 6.45) is 0. The van der Waals surface area contributed by atoms with Crippen LogP contribution in [0.3, 0.4) is 0 Å². The third-order valence-electron chi connectivity index (χ3n) is 3.89. The van der Waals surface area contributed by atoms with Crippen molar-refractivity contribution in [3.8, 4) is 5.75 Å². The second kappa shape index (κ2) is 6.28. The number of hydrogen-bond acceptors (Lipinski definition) is 5. The molecule has 0 aliphatic carbocycles. The van der Waals surface area contributed by atoms with E-state index in [2.05, 4.69) is 27.5 Å². The van der Waals surface area contributed by atoms with E-state index in [4.69, 9.17) is 9.26 Å². The molecule has 1 aromatic heterocycles. The number of nitrogens with zero attached hydrogens (tertiary/aromatic N) is 2. The van der Waals surface area contributed by atoms with E-state index in [1.807, 2.05) is 25.1 Å². The number of piperazine rings is 1. The highest BCUT2D eigenvalue weighted by Gasteiger charge is 2.26. The minimum absolute atomic E-state index is 0.284. The SMILES string of the molecule is COc1ccccc1C1CNCCN1Cc1cc(C)on1. The molecule has 5 nitrogen and oxygen atoms in total. The molecule has 5 heteroatoms. The standard InChI is InChI=1S/C16H21N3O2/c1-12-9-13(18-21-12)11-19-8-7-17-10-15(19)14-5-3-4-6-16(14)20-2/h3-6,9,15,17H,7-8,10-11H2,1-2H3. The zero-order valence-corrected chi connectivity index (χ0v) is 12.5. The molecule has 1 aliphatic rings. The molecule has 1 atom stereocenters. The van der Waals surface area contributed by atoms with Gasteiger partial charge in [-0.15, -0.1) is 0 Å². The third kappa shape index (κ3) is 3.09. The maximum absolute atomic E-state index is 5.51. The Morgan fingerprint density at radius 1 is 1.43 bits per heavy atom. The first-order chi connectivity index (χ1) is 10.3. The lowest BCUT2D eigenvalue weighted by Gasteiger charge is -2.36. The molecule has 1 unspecified atom stereocenters. The fraction of sp³-hybridized carbons (Fsp3) is 0.438. The zero-order valence-electron chi connectivity index (χ0n) is 12.5. The lowest BCUT2D eigenvalue weighted by atomic mass is 10.0. The molecule has 0 radical (unpaired) electrons. The topological polar surface area (TPSA) is 50.5 Å². The van der Waals surface area contributed by atoms with E-state index in [-0.39, 0.29) is 6.04 Å². The van der Waals surface area contributed by atoms with E-state index in [1.54, 1.807) is 7.11 Å². The van der Waals surface area contributed by atoms with Crippen LogP contribution in [0.2, 0.25) is 0 Å². The molecule has 1 aromatic carbocycles. The monoisotopic (exact) mass is 287 g/mol. The van der Waals surface area contributed by atoms with Gasteiger partial charge in [-0.25, -0.2) is 0 Å². The molecule has 3 rings (SSSR count). The molecule has 0 bridgehead atoms. The van der Waals surface area contributed by atoms with E-state index < -0.39 is 0 Å². The van der Waals surface area contributed by atoms with Gasteiger partial charge in [-0.05, 0) is 13.0 Å². The van der Waals surface area contributed by atoms with Gasteiger partial charge < -0.3 is 14.6 Å². The molecule has 0 amide bonds. The van der Waals surface area contributed by atoms with Crippen molar-refractivity contribution >= 4 is 0 Å². The highest BCUT2D eigenvalue weighted by Crippen LogP contribution is 2.30.